The van der Waals surface area contributed by atoms with Gasteiger partial charge in [-0.15, -0.1) is 0 Å². The van der Waals surface area contributed by atoms with Gasteiger partial charge in [-0.3, -0.25) is 4.48 Å². The van der Waals surface area contributed by atoms with Crippen molar-refractivity contribution in [2.75, 3.05) is 38.1 Å². The summed E-state index contributed by atoms with van der Waals surface area (Å²) in [5, 5.41) is 0. The highest BCUT2D eigenvalue weighted by Gasteiger charge is 2.40. The topological polar surface area (TPSA) is 20.3 Å². The standard InChI is InChI=1S/C22H25N2O/c1-24(15-25)11-9-23(10-12-24)21-8-4-7-19-20-14-17(22(19)21)13-16-5-2-3-6-18(16)20/h2-8,15,17,20H,9-14H2,1H3/q+1. The Kier molecular flexibility index (Phi) is 3.29. The second kappa shape index (κ2) is 5.43. The predicted octanol–water partition coefficient (Wildman–Crippen LogP) is 3.28. The zero-order valence-electron chi connectivity index (χ0n) is 14.8. The van der Waals surface area contributed by atoms with Gasteiger partial charge in [-0.2, -0.15) is 0 Å². The van der Waals surface area contributed by atoms with Crippen molar-refractivity contribution in [3.05, 3.63) is 64.7 Å². The molecule has 2 atom stereocenters. The molecule has 1 amide bonds. The molecule has 0 spiro atoms. The van der Waals surface area contributed by atoms with Gasteiger partial charge in [0.05, 0.1) is 20.1 Å². The van der Waals surface area contributed by atoms with E-state index in [9.17, 15) is 4.79 Å². The van der Waals surface area contributed by atoms with E-state index in [1.165, 1.54) is 24.1 Å². The van der Waals surface area contributed by atoms with Gasteiger partial charge in [0, 0.05) is 11.6 Å². The molecule has 3 aliphatic rings. The van der Waals surface area contributed by atoms with E-state index in [4.69, 9.17) is 0 Å². The van der Waals surface area contributed by atoms with Gasteiger partial charge < -0.3 is 4.90 Å². The molecule has 1 heterocycles. The number of likely N-dealkylation sites (N-methyl/N-ethyl adjacent to an activating group) is 1. The van der Waals surface area contributed by atoms with E-state index >= 15 is 0 Å². The first-order valence-corrected chi connectivity index (χ1v) is 9.45. The van der Waals surface area contributed by atoms with Gasteiger partial charge in [-0.25, -0.2) is 4.79 Å². The lowest BCUT2D eigenvalue weighted by atomic mass is 9.81. The Bertz CT molecular complexity index is 836. The van der Waals surface area contributed by atoms with E-state index in [0.29, 0.717) is 16.3 Å². The number of nitrogens with zero attached hydrogens (tertiary/aromatic N) is 2. The number of hydrogen-bond acceptors (Lipinski definition) is 2. The van der Waals surface area contributed by atoms with Gasteiger partial charge in [0.25, 0.3) is 0 Å². The fraction of sp³-hybridized carbons (Fsp3) is 0.409. The molecule has 0 aromatic heterocycles. The van der Waals surface area contributed by atoms with Crippen LogP contribution in [0.5, 0.6) is 0 Å². The Morgan fingerprint density at radius 1 is 1.04 bits per heavy atom. The van der Waals surface area contributed by atoms with Gasteiger partial charge in [0.2, 0.25) is 0 Å². The molecule has 2 aromatic rings. The number of piperazine rings is 1. The number of quaternary nitrogens is 1. The van der Waals surface area contributed by atoms with Crippen LogP contribution >= 0.6 is 0 Å². The highest BCUT2D eigenvalue weighted by Crippen LogP contribution is 2.54. The number of carbonyl (C=O) groups is 1. The third-order valence-electron chi connectivity index (χ3n) is 6.67. The number of carbonyl (C=O) groups excluding carboxylic acids is 1. The molecule has 2 aromatic carbocycles. The normalized spacial score (nSPS) is 26.0. The minimum Gasteiger partial charge on any atom is -0.360 e. The average molecular weight is 333 g/mol. The summed E-state index contributed by atoms with van der Waals surface area (Å²) in [7, 11) is 2.05. The van der Waals surface area contributed by atoms with Crippen molar-refractivity contribution in [2.45, 2.75) is 24.7 Å². The highest BCUT2D eigenvalue weighted by atomic mass is 16.1. The molecule has 3 nitrogen and oxygen atoms in total. The fourth-order valence-corrected chi connectivity index (χ4v) is 5.20. The van der Waals surface area contributed by atoms with Gasteiger partial charge in [-0.1, -0.05) is 36.4 Å². The molecule has 3 heteroatoms. The molecule has 0 N–H and O–H groups in total. The van der Waals surface area contributed by atoms with Gasteiger partial charge in [0.1, 0.15) is 13.1 Å². The summed E-state index contributed by atoms with van der Waals surface area (Å²) in [6, 6.07) is 15.9. The van der Waals surface area contributed by atoms with Gasteiger partial charge in [-0.05, 0) is 47.1 Å². The van der Waals surface area contributed by atoms with Crippen LogP contribution in [0.1, 0.15) is 40.5 Å². The smallest absolute Gasteiger partial charge is 0.301 e. The molecule has 1 fully saturated rings. The lowest BCUT2D eigenvalue weighted by Crippen LogP contribution is -2.56. The minimum atomic E-state index is 0.545. The van der Waals surface area contributed by atoms with Crippen LogP contribution in [0.2, 0.25) is 0 Å². The van der Waals surface area contributed by atoms with Gasteiger partial charge in [0.15, 0.2) is 0 Å². The second-order valence-electron chi connectivity index (χ2n) is 8.19. The quantitative estimate of drug-likeness (QED) is 0.621. The molecule has 1 aliphatic heterocycles. The summed E-state index contributed by atoms with van der Waals surface area (Å²) in [5.41, 5.74) is 7.64. The number of hydrogen-bond donors (Lipinski definition) is 0. The minimum absolute atomic E-state index is 0.545. The zero-order valence-corrected chi connectivity index (χ0v) is 14.8. The zero-order chi connectivity index (χ0) is 17.0. The van der Waals surface area contributed by atoms with Crippen LogP contribution in [0.4, 0.5) is 5.69 Å². The van der Waals surface area contributed by atoms with E-state index in [1.807, 2.05) is 7.05 Å². The van der Waals surface area contributed by atoms with Crippen molar-refractivity contribution >= 4 is 12.1 Å². The van der Waals surface area contributed by atoms with Crippen LogP contribution < -0.4 is 4.90 Å². The van der Waals surface area contributed by atoms with E-state index in [2.05, 4.69) is 47.4 Å². The molecule has 128 valence electrons. The monoisotopic (exact) mass is 333 g/mol. The van der Waals surface area contributed by atoms with Gasteiger partial charge >= 0.3 is 6.41 Å². The summed E-state index contributed by atoms with van der Waals surface area (Å²) < 4.78 is 0.545. The first-order valence-electron chi connectivity index (χ1n) is 9.45. The Morgan fingerprint density at radius 3 is 2.60 bits per heavy atom. The Hall–Kier alpha value is -2.13. The number of rotatable bonds is 2. The maximum atomic E-state index is 11.3. The van der Waals surface area contributed by atoms with Crippen LogP contribution in [-0.4, -0.2) is 44.1 Å². The molecule has 25 heavy (non-hydrogen) atoms. The lowest BCUT2D eigenvalue weighted by Gasteiger charge is -2.39. The third kappa shape index (κ3) is 2.26. The summed E-state index contributed by atoms with van der Waals surface area (Å²) in [5.74, 6) is 1.23. The van der Waals surface area contributed by atoms with Crippen molar-refractivity contribution in [1.29, 1.82) is 0 Å². The molecule has 2 aliphatic carbocycles. The Labute approximate surface area is 149 Å². The molecule has 0 saturated carbocycles. The summed E-state index contributed by atoms with van der Waals surface area (Å²) in [6.07, 6.45) is 3.54. The maximum Gasteiger partial charge on any atom is 0.301 e. The first kappa shape index (κ1) is 15.2. The van der Waals surface area contributed by atoms with Crippen LogP contribution in [0.3, 0.4) is 0 Å². The largest absolute Gasteiger partial charge is 0.360 e. The van der Waals surface area contributed by atoms with Crippen molar-refractivity contribution in [2.24, 2.45) is 0 Å². The van der Waals surface area contributed by atoms with E-state index < -0.39 is 0 Å². The molecule has 5 rings (SSSR count). The SMILES string of the molecule is C[N+]1(C=O)CCN(c2cccc3c2C2Cc4ccccc4C3C2)CC1. The summed E-state index contributed by atoms with van der Waals surface area (Å²) in [4.78, 5) is 13.9. The van der Waals surface area contributed by atoms with E-state index in [0.717, 1.165) is 32.6 Å². The Balaban J connectivity index is 1.52. The van der Waals surface area contributed by atoms with Crippen LogP contribution in [0, 0.1) is 0 Å². The second-order valence-corrected chi connectivity index (χ2v) is 8.19. The van der Waals surface area contributed by atoms with E-state index in [1.54, 1.807) is 16.7 Å². The number of anilines is 1. The lowest BCUT2D eigenvalue weighted by molar-refractivity contribution is -0.826. The van der Waals surface area contributed by atoms with Crippen LogP contribution in [0.25, 0.3) is 0 Å². The summed E-state index contributed by atoms with van der Waals surface area (Å²) in [6.45, 7) is 3.75. The van der Waals surface area contributed by atoms with Crippen molar-refractivity contribution in [1.82, 2.24) is 0 Å². The molecule has 1 saturated heterocycles. The van der Waals surface area contributed by atoms with Crippen molar-refractivity contribution in [3.63, 3.8) is 0 Å². The van der Waals surface area contributed by atoms with Crippen LogP contribution in [-0.2, 0) is 11.2 Å². The third-order valence-corrected chi connectivity index (χ3v) is 6.67. The Morgan fingerprint density at radius 2 is 1.80 bits per heavy atom. The molecule has 2 bridgehead atoms. The number of benzene rings is 2. The molecule has 2 unspecified atom stereocenters. The predicted molar refractivity (Wildman–Crippen MR) is 100.0 cm³/mol. The molecule has 0 radical (unpaired) electrons. The fourth-order valence-electron chi connectivity index (χ4n) is 5.20. The average Bonchev–Trinajstić information content (AvgIpc) is 2.96. The van der Waals surface area contributed by atoms with E-state index in [-0.39, 0.29) is 0 Å². The summed E-state index contributed by atoms with van der Waals surface area (Å²) >= 11 is 0. The molecular weight excluding hydrogens is 308 g/mol. The van der Waals surface area contributed by atoms with Crippen LogP contribution in [0.15, 0.2) is 42.5 Å². The first-order chi connectivity index (χ1) is 12.2. The van der Waals surface area contributed by atoms with Crippen molar-refractivity contribution in [3.8, 4) is 0 Å². The maximum absolute atomic E-state index is 11.3. The van der Waals surface area contributed by atoms with Crippen molar-refractivity contribution < 1.29 is 9.28 Å². The number of fused-ring (bicyclic) bond motifs is 7. The number of amides is 1. The highest BCUT2D eigenvalue weighted by molar-refractivity contribution is 5.65. The molecular formula is C22H25N2O+.